The summed E-state index contributed by atoms with van der Waals surface area (Å²) in [7, 11) is 0. The Labute approximate surface area is 194 Å². The molecule has 1 fully saturated rings. The highest BCUT2D eigenvalue weighted by Crippen LogP contribution is 2.41. The van der Waals surface area contributed by atoms with E-state index in [0.717, 1.165) is 56.1 Å². The highest BCUT2D eigenvalue weighted by Gasteiger charge is 2.32. The molecule has 0 bridgehead atoms. The van der Waals surface area contributed by atoms with E-state index < -0.39 is 0 Å². The van der Waals surface area contributed by atoms with Crippen molar-refractivity contribution in [3.63, 3.8) is 0 Å². The van der Waals surface area contributed by atoms with Crippen molar-refractivity contribution >= 4 is 32.8 Å². The first-order valence-electron chi connectivity index (χ1n) is 11.9. The number of rotatable bonds is 6. The molecule has 32 heavy (non-hydrogen) atoms. The third kappa shape index (κ3) is 3.78. The third-order valence-corrected chi connectivity index (χ3v) is 8.21. The van der Waals surface area contributed by atoms with Crippen molar-refractivity contribution in [2.24, 2.45) is 0 Å². The van der Waals surface area contributed by atoms with Gasteiger partial charge in [0.05, 0.1) is 6.61 Å². The zero-order valence-corrected chi connectivity index (χ0v) is 19.4. The molecule has 0 amide bonds. The first kappa shape index (κ1) is 20.1. The maximum absolute atomic E-state index is 6.05. The van der Waals surface area contributed by atoms with Gasteiger partial charge in [-0.3, -0.25) is 4.90 Å². The predicted octanol–water partition coefficient (Wildman–Crippen LogP) is 5.68. The molecule has 4 nitrogen and oxygen atoms in total. The van der Waals surface area contributed by atoms with E-state index in [2.05, 4.69) is 63.5 Å². The Morgan fingerprint density at radius 2 is 2.06 bits per heavy atom. The van der Waals surface area contributed by atoms with Crippen LogP contribution in [0.25, 0.3) is 10.1 Å². The van der Waals surface area contributed by atoms with Crippen molar-refractivity contribution in [1.82, 2.24) is 4.90 Å². The predicted molar refractivity (Wildman–Crippen MR) is 135 cm³/mol. The number of fused-ring (bicyclic) bond motifs is 3. The van der Waals surface area contributed by atoms with Crippen molar-refractivity contribution in [3.8, 4) is 5.75 Å². The van der Waals surface area contributed by atoms with Crippen LogP contribution in [0.5, 0.6) is 5.75 Å². The number of benzene rings is 2. The summed E-state index contributed by atoms with van der Waals surface area (Å²) in [6.45, 7) is 9.48. The summed E-state index contributed by atoms with van der Waals surface area (Å²) in [5.41, 5.74) is 6.64. The molecule has 2 aromatic carbocycles. The van der Waals surface area contributed by atoms with E-state index in [1.165, 1.54) is 47.3 Å². The van der Waals surface area contributed by atoms with Crippen LogP contribution in [0.2, 0.25) is 0 Å². The molecule has 166 valence electrons. The summed E-state index contributed by atoms with van der Waals surface area (Å²) >= 11 is 1.90. The minimum Gasteiger partial charge on any atom is -0.494 e. The number of nitrogens with zero attached hydrogens (tertiary/aromatic N) is 2. The minimum absolute atomic E-state index is 0.616. The van der Waals surface area contributed by atoms with E-state index in [9.17, 15) is 0 Å². The van der Waals surface area contributed by atoms with Crippen molar-refractivity contribution < 1.29 is 4.74 Å². The van der Waals surface area contributed by atoms with Gasteiger partial charge < -0.3 is 15.0 Å². The molecule has 3 aliphatic heterocycles. The topological polar surface area (TPSA) is 27.7 Å². The lowest BCUT2D eigenvalue weighted by Crippen LogP contribution is -2.55. The van der Waals surface area contributed by atoms with E-state index in [1.54, 1.807) is 5.56 Å². The molecule has 1 saturated heterocycles. The summed E-state index contributed by atoms with van der Waals surface area (Å²) < 4.78 is 7.49. The van der Waals surface area contributed by atoms with Crippen LogP contribution < -0.4 is 15.0 Å². The standard InChI is InChI=1S/C27H31N3OS/c1-19-7-8-20-9-10-23(16-24(20)28-19)31-14-3-2-11-29-12-13-30-22(17-29)15-21-18-32-26-6-4-5-25(30)27(21)26/h4-6,9-10,16,18,22,28H,1-3,7-8,11-15,17H2. The second-order valence-corrected chi connectivity index (χ2v) is 10.3. The van der Waals surface area contributed by atoms with Gasteiger partial charge in [-0.2, -0.15) is 0 Å². The first-order chi connectivity index (χ1) is 15.7. The second-order valence-electron chi connectivity index (χ2n) is 9.37. The van der Waals surface area contributed by atoms with Crippen LogP contribution in [0.4, 0.5) is 11.4 Å². The molecule has 1 unspecified atom stereocenters. The zero-order chi connectivity index (χ0) is 21.5. The summed E-state index contributed by atoms with van der Waals surface area (Å²) in [4.78, 5) is 5.33. The van der Waals surface area contributed by atoms with Gasteiger partial charge in [0.1, 0.15) is 5.75 Å². The first-order valence-corrected chi connectivity index (χ1v) is 12.8. The van der Waals surface area contributed by atoms with Gasteiger partial charge in [0.2, 0.25) is 0 Å². The molecule has 1 N–H and O–H groups in total. The van der Waals surface area contributed by atoms with Crippen LogP contribution in [-0.2, 0) is 12.8 Å². The Morgan fingerprint density at radius 1 is 1.09 bits per heavy atom. The third-order valence-electron chi connectivity index (χ3n) is 7.21. The van der Waals surface area contributed by atoms with E-state index >= 15 is 0 Å². The van der Waals surface area contributed by atoms with Crippen molar-refractivity contribution in [3.05, 3.63) is 65.2 Å². The fraction of sp³-hybridized carbons (Fsp3) is 0.407. The van der Waals surface area contributed by atoms with Crippen LogP contribution in [0.1, 0.15) is 30.4 Å². The number of unbranched alkanes of at least 4 members (excludes halogenated alkanes) is 1. The summed E-state index contributed by atoms with van der Waals surface area (Å²) in [6, 6.07) is 13.9. The summed E-state index contributed by atoms with van der Waals surface area (Å²) in [5, 5.41) is 7.29. The Balaban J connectivity index is 0.984. The number of piperazine rings is 1. The van der Waals surface area contributed by atoms with Gasteiger partial charge in [0, 0.05) is 58.9 Å². The smallest absolute Gasteiger partial charge is 0.121 e. The number of hydrogen-bond acceptors (Lipinski definition) is 5. The van der Waals surface area contributed by atoms with Crippen LogP contribution in [-0.4, -0.2) is 43.7 Å². The monoisotopic (exact) mass is 445 g/mol. The molecular formula is C27H31N3OS. The minimum atomic E-state index is 0.616. The normalized spacial score (nSPS) is 20.1. The van der Waals surface area contributed by atoms with Gasteiger partial charge in [0.15, 0.2) is 0 Å². The van der Waals surface area contributed by atoms with Crippen LogP contribution in [0.3, 0.4) is 0 Å². The number of thiophene rings is 1. The van der Waals surface area contributed by atoms with E-state index in [0.29, 0.717) is 6.04 Å². The Kier molecular flexibility index (Phi) is 5.32. The SMILES string of the molecule is C=C1CCc2ccc(OCCCCN3CCN4c5cccc6scc(c56)CC4C3)cc2N1. The van der Waals surface area contributed by atoms with Crippen LogP contribution in [0.15, 0.2) is 54.1 Å². The quantitative estimate of drug-likeness (QED) is 0.494. The van der Waals surface area contributed by atoms with Gasteiger partial charge >= 0.3 is 0 Å². The summed E-state index contributed by atoms with van der Waals surface area (Å²) in [6.07, 6.45) is 5.56. The molecule has 3 aliphatic rings. The molecule has 3 aromatic rings. The fourth-order valence-corrected chi connectivity index (χ4v) is 6.53. The molecule has 6 rings (SSSR count). The van der Waals surface area contributed by atoms with Gasteiger partial charge in [-0.15, -0.1) is 11.3 Å². The molecule has 5 heteroatoms. The van der Waals surface area contributed by atoms with Gasteiger partial charge in [-0.1, -0.05) is 18.7 Å². The average Bonchev–Trinajstić information content (AvgIpc) is 3.22. The molecule has 4 heterocycles. The lowest BCUT2D eigenvalue weighted by molar-refractivity contribution is 0.209. The highest BCUT2D eigenvalue weighted by atomic mass is 32.1. The Morgan fingerprint density at radius 3 is 3.03 bits per heavy atom. The van der Waals surface area contributed by atoms with Crippen molar-refractivity contribution in [1.29, 1.82) is 0 Å². The number of ether oxygens (including phenoxy) is 1. The average molecular weight is 446 g/mol. The zero-order valence-electron chi connectivity index (χ0n) is 18.6. The molecule has 0 aliphatic carbocycles. The lowest BCUT2D eigenvalue weighted by atomic mass is 9.94. The Bertz CT molecular complexity index is 1150. The highest BCUT2D eigenvalue weighted by molar-refractivity contribution is 7.17. The number of aryl methyl sites for hydroxylation is 1. The van der Waals surface area contributed by atoms with Crippen LogP contribution in [0, 0.1) is 0 Å². The van der Waals surface area contributed by atoms with E-state index in [-0.39, 0.29) is 0 Å². The number of allylic oxidation sites excluding steroid dienone is 1. The summed E-state index contributed by atoms with van der Waals surface area (Å²) in [5.74, 6) is 0.961. The number of anilines is 2. The number of nitrogens with one attached hydrogen (secondary N) is 1. The molecule has 1 aromatic heterocycles. The Hall–Kier alpha value is -2.50. The van der Waals surface area contributed by atoms with Gasteiger partial charge in [-0.25, -0.2) is 0 Å². The number of hydrogen-bond donors (Lipinski definition) is 1. The molecule has 1 atom stereocenters. The molecule has 0 saturated carbocycles. The van der Waals surface area contributed by atoms with Gasteiger partial charge in [0.25, 0.3) is 0 Å². The van der Waals surface area contributed by atoms with Gasteiger partial charge in [-0.05, 0) is 73.4 Å². The molecular weight excluding hydrogens is 414 g/mol. The molecule has 0 spiro atoms. The maximum atomic E-state index is 6.05. The molecule has 0 radical (unpaired) electrons. The van der Waals surface area contributed by atoms with Crippen molar-refractivity contribution in [2.75, 3.05) is 43.0 Å². The lowest BCUT2D eigenvalue weighted by Gasteiger charge is -2.45. The van der Waals surface area contributed by atoms with Crippen LogP contribution >= 0.6 is 11.3 Å². The van der Waals surface area contributed by atoms with Crippen molar-refractivity contribution in [2.45, 2.75) is 38.1 Å². The maximum Gasteiger partial charge on any atom is 0.121 e. The second kappa shape index (κ2) is 8.45. The largest absolute Gasteiger partial charge is 0.494 e. The van der Waals surface area contributed by atoms with E-state index in [1.807, 2.05) is 11.3 Å². The fourth-order valence-electron chi connectivity index (χ4n) is 5.54. The van der Waals surface area contributed by atoms with E-state index in [4.69, 9.17) is 4.74 Å².